The van der Waals surface area contributed by atoms with Crippen molar-refractivity contribution in [3.05, 3.63) is 0 Å². The predicted octanol–water partition coefficient (Wildman–Crippen LogP) is 2.69. The van der Waals surface area contributed by atoms with Gasteiger partial charge in [0.1, 0.15) is 0 Å². The van der Waals surface area contributed by atoms with Crippen molar-refractivity contribution in [3.8, 4) is 0 Å². The van der Waals surface area contributed by atoms with Crippen LogP contribution >= 0.6 is 0 Å². The Balaban J connectivity index is 2.85. The number of nitrogens with one attached hydrogen (secondary N) is 1. The van der Waals surface area contributed by atoms with Crippen LogP contribution in [0.25, 0.3) is 0 Å². The molecule has 104 valence electrons. The van der Waals surface area contributed by atoms with E-state index in [4.69, 9.17) is 10.5 Å². The van der Waals surface area contributed by atoms with Gasteiger partial charge in [0.25, 0.3) is 0 Å². The molecule has 3 N–H and O–H groups in total. The maximum atomic E-state index is 5.52. The van der Waals surface area contributed by atoms with E-state index in [1.54, 1.807) is 0 Å². The van der Waals surface area contributed by atoms with Crippen LogP contribution in [0.1, 0.15) is 58.3 Å². The summed E-state index contributed by atoms with van der Waals surface area (Å²) in [6, 6.07) is 0. The second-order valence-corrected chi connectivity index (χ2v) is 4.63. The third-order valence-corrected chi connectivity index (χ3v) is 2.89. The molecule has 0 unspecified atom stereocenters. The van der Waals surface area contributed by atoms with E-state index in [0.29, 0.717) is 6.54 Å². The van der Waals surface area contributed by atoms with E-state index in [9.17, 15) is 0 Å². The van der Waals surface area contributed by atoms with E-state index >= 15 is 0 Å². The summed E-state index contributed by atoms with van der Waals surface area (Å²) in [4.78, 5) is 0. The lowest BCUT2D eigenvalue weighted by Crippen LogP contribution is -2.26. The van der Waals surface area contributed by atoms with Crippen molar-refractivity contribution in [1.82, 2.24) is 5.32 Å². The Labute approximate surface area is 107 Å². The van der Waals surface area contributed by atoms with Gasteiger partial charge in [-0.3, -0.25) is 0 Å². The molecular formula is C14H32N2O. The average molecular weight is 244 g/mol. The lowest BCUT2D eigenvalue weighted by Gasteiger charge is -2.05. The van der Waals surface area contributed by atoms with Gasteiger partial charge in [-0.1, -0.05) is 51.9 Å². The maximum Gasteiger partial charge on any atom is 0.0590 e. The summed E-state index contributed by atoms with van der Waals surface area (Å²) in [6.45, 7) is 6.52. The van der Waals surface area contributed by atoms with Gasteiger partial charge in [-0.15, -0.1) is 0 Å². The molecule has 17 heavy (non-hydrogen) atoms. The number of ether oxygens (including phenoxy) is 1. The molecule has 3 heteroatoms. The highest BCUT2D eigenvalue weighted by Gasteiger charge is 1.92. The van der Waals surface area contributed by atoms with Crippen LogP contribution in [-0.2, 0) is 4.74 Å². The molecule has 0 rings (SSSR count). The molecule has 0 spiro atoms. The first-order chi connectivity index (χ1) is 8.41. The Morgan fingerprint density at radius 3 is 2.12 bits per heavy atom. The monoisotopic (exact) mass is 244 g/mol. The lowest BCUT2D eigenvalue weighted by atomic mass is 10.1. The fraction of sp³-hybridized carbons (Fsp3) is 1.00. The molecule has 0 aliphatic heterocycles. The van der Waals surface area contributed by atoms with Crippen LogP contribution in [0.5, 0.6) is 0 Å². The van der Waals surface area contributed by atoms with Gasteiger partial charge in [-0.05, 0) is 6.42 Å². The predicted molar refractivity (Wildman–Crippen MR) is 75.4 cm³/mol. The SMILES string of the molecule is CCCCCCCCCCOCCNCCN. The summed E-state index contributed by atoms with van der Waals surface area (Å²) in [5.74, 6) is 0. The third kappa shape index (κ3) is 15.9. The highest BCUT2D eigenvalue weighted by molar-refractivity contribution is 4.47. The van der Waals surface area contributed by atoms with Crippen molar-refractivity contribution < 1.29 is 4.74 Å². The summed E-state index contributed by atoms with van der Waals surface area (Å²) < 4.78 is 5.52. The number of hydrogen-bond donors (Lipinski definition) is 2. The molecule has 0 bridgehead atoms. The Morgan fingerprint density at radius 1 is 0.824 bits per heavy atom. The smallest absolute Gasteiger partial charge is 0.0590 e. The van der Waals surface area contributed by atoms with E-state index in [1.807, 2.05) is 0 Å². The zero-order chi connectivity index (χ0) is 12.6. The van der Waals surface area contributed by atoms with Gasteiger partial charge in [0.05, 0.1) is 6.61 Å². The first-order valence-electron chi connectivity index (χ1n) is 7.40. The van der Waals surface area contributed by atoms with Crippen molar-refractivity contribution in [1.29, 1.82) is 0 Å². The summed E-state index contributed by atoms with van der Waals surface area (Å²) in [5.41, 5.74) is 5.36. The lowest BCUT2D eigenvalue weighted by molar-refractivity contribution is 0.132. The fourth-order valence-electron chi connectivity index (χ4n) is 1.81. The average Bonchev–Trinajstić information content (AvgIpc) is 2.35. The highest BCUT2D eigenvalue weighted by Crippen LogP contribution is 2.08. The van der Waals surface area contributed by atoms with Gasteiger partial charge < -0.3 is 15.8 Å². The van der Waals surface area contributed by atoms with E-state index in [1.165, 1.54) is 51.4 Å². The first-order valence-corrected chi connectivity index (χ1v) is 7.40. The van der Waals surface area contributed by atoms with E-state index in [0.717, 1.165) is 26.3 Å². The molecule has 0 fully saturated rings. The van der Waals surface area contributed by atoms with Crippen LogP contribution in [-0.4, -0.2) is 32.8 Å². The minimum absolute atomic E-state index is 0.706. The second-order valence-electron chi connectivity index (χ2n) is 4.63. The van der Waals surface area contributed by atoms with E-state index in [2.05, 4.69) is 12.2 Å². The Hall–Kier alpha value is -0.120. The maximum absolute atomic E-state index is 5.52. The zero-order valence-electron chi connectivity index (χ0n) is 11.7. The van der Waals surface area contributed by atoms with Gasteiger partial charge in [-0.2, -0.15) is 0 Å². The Morgan fingerprint density at radius 2 is 1.47 bits per heavy atom. The van der Waals surface area contributed by atoms with Crippen LogP contribution in [0.2, 0.25) is 0 Å². The molecular weight excluding hydrogens is 212 g/mol. The summed E-state index contributed by atoms with van der Waals surface area (Å²) in [6.07, 6.45) is 10.9. The molecule has 0 aromatic carbocycles. The molecule has 0 saturated heterocycles. The van der Waals surface area contributed by atoms with Gasteiger partial charge >= 0.3 is 0 Å². The van der Waals surface area contributed by atoms with E-state index < -0.39 is 0 Å². The van der Waals surface area contributed by atoms with Crippen molar-refractivity contribution in [2.45, 2.75) is 58.3 Å². The highest BCUT2D eigenvalue weighted by atomic mass is 16.5. The fourth-order valence-corrected chi connectivity index (χ4v) is 1.81. The van der Waals surface area contributed by atoms with Crippen LogP contribution in [0.3, 0.4) is 0 Å². The number of rotatable bonds is 14. The van der Waals surface area contributed by atoms with E-state index in [-0.39, 0.29) is 0 Å². The largest absolute Gasteiger partial charge is 0.380 e. The van der Waals surface area contributed by atoms with Crippen LogP contribution < -0.4 is 11.1 Å². The van der Waals surface area contributed by atoms with Gasteiger partial charge in [-0.25, -0.2) is 0 Å². The minimum atomic E-state index is 0.706. The molecule has 0 aromatic rings. The number of hydrogen-bond acceptors (Lipinski definition) is 3. The Bertz CT molecular complexity index is 117. The van der Waals surface area contributed by atoms with Crippen LogP contribution in [0.15, 0.2) is 0 Å². The van der Waals surface area contributed by atoms with Crippen molar-refractivity contribution in [2.24, 2.45) is 5.73 Å². The molecule has 0 saturated carbocycles. The topological polar surface area (TPSA) is 47.3 Å². The van der Waals surface area contributed by atoms with Gasteiger partial charge in [0.2, 0.25) is 0 Å². The Kier molecular flexibility index (Phi) is 15.8. The van der Waals surface area contributed by atoms with Crippen LogP contribution in [0.4, 0.5) is 0 Å². The van der Waals surface area contributed by atoms with Crippen molar-refractivity contribution >= 4 is 0 Å². The standard InChI is InChI=1S/C14H32N2O/c1-2-3-4-5-6-7-8-9-13-17-14-12-16-11-10-15/h16H,2-15H2,1H3. The van der Waals surface area contributed by atoms with Crippen molar-refractivity contribution in [3.63, 3.8) is 0 Å². The quantitative estimate of drug-likeness (QED) is 0.462. The molecule has 0 radical (unpaired) electrons. The van der Waals surface area contributed by atoms with Gasteiger partial charge in [0.15, 0.2) is 0 Å². The second kappa shape index (κ2) is 15.9. The van der Waals surface area contributed by atoms with Crippen LogP contribution in [0, 0.1) is 0 Å². The summed E-state index contributed by atoms with van der Waals surface area (Å²) >= 11 is 0. The normalized spacial score (nSPS) is 10.9. The third-order valence-electron chi connectivity index (χ3n) is 2.89. The molecule has 0 aliphatic carbocycles. The van der Waals surface area contributed by atoms with Gasteiger partial charge in [0, 0.05) is 26.2 Å². The molecule has 3 nitrogen and oxygen atoms in total. The summed E-state index contributed by atoms with van der Waals surface area (Å²) in [5, 5.41) is 3.22. The minimum Gasteiger partial charge on any atom is -0.380 e. The summed E-state index contributed by atoms with van der Waals surface area (Å²) in [7, 11) is 0. The zero-order valence-corrected chi connectivity index (χ0v) is 11.7. The number of nitrogens with two attached hydrogens (primary N) is 1. The van der Waals surface area contributed by atoms with Crippen molar-refractivity contribution in [2.75, 3.05) is 32.8 Å². The molecule has 0 aromatic heterocycles. The first kappa shape index (κ1) is 16.9. The number of unbranched alkanes of at least 4 members (excludes halogenated alkanes) is 7. The molecule has 0 atom stereocenters. The molecule has 0 aliphatic rings. The molecule has 0 heterocycles. The molecule has 0 amide bonds.